The smallest absolute Gasteiger partial charge is 0.307 e. The minimum Gasteiger partial charge on any atom is -0.481 e. The van der Waals surface area contributed by atoms with E-state index in [9.17, 15) is 9.59 Å². The monoisotopic (exact) mass is 298 g/mol. The summed E-state index contributed by atoms with van der Waals surface area (Å²) in [5.41, 5.74) is 0. The highest BCUT2D eigenvalue weighted by Crippen LogP contribution is 2.25. The molecule has 0 saturated carbocycles. The predicted molar refractivity (Wildman–Crippen MR) is 79.8 cm³/mol. The van der Waals surface area contributed by atoms with Crippen molar-refractivity contribution in [2.45, 2.75) is 12.8 Å². The molecule has 1 amide bonds. The van der Waals surface area contributed by atoms with Gasteiger partial charge in [0.15, 0.2) is 0 Å². The second kappa shape index (κ2) is 7.69. The van der Waals surface area contributed by atoms with Crippen LogP contribution in [0, 0.1) is 11.8 Å². The molecule has 0 aromatic heterocycles. The third kappa shape index (κ3) is 4.24. The van der Waals surface area contributed by atoms with E-state index in [2.05, 4.69) is 10.2 Å². The Balaban J connectivity index is 1.75. The van der Waals surface area contributed by atoms with Gasteiger partial charge in [-0.2, -0.15) is 11.8 Å². The van der Waals surface area contributed by atoms with Crippen molar-refractivity contribution in [1.29, 1.82) is 0 Å². The Labute approximate surface area is 123 Å². The van der Waals surface area contributed by atoms with Crippen LogP contribution < -0.4 is 5.32 Å². The lowest BCUT2D eigenvalue weighted by molar-refractivity contribution is -0.147. The van der Waals surface area contributed by atoms with Crippen molar-refractivity contribution in [3.8, 4) is 0 Å². The number of hydrogen-bond donors (Lipinski definition) is 2. The molecule has 1 fully saturated rings. The van der Waals surface area contributed by atoms with E-state index in [0.29, 0.717) is 19.4 Å². The first-order valence-corrected chi connectivity index (χ1v) is 8.29. The molecule has 2 N–H and O–H groups in total. The zero-order valence-corrected chi connectivity index (χ0v) is 12.4. The lowest BCUT2D eigenvalue weighted by Gasteiger charge is -2.27. The van der Waals surface area contributed by atoms with E-state index < -0.39 is 17.8 Å². The number of amides is 1. The van der Waals surface area contributed by atoms with E-state index in [1.165, 1.54) is 0 Å². The molecular formula is C14H22N2O3S. The molecular weight excluding hydrogens is 276 g/mol. The van der Waals surface area contributed by atoms with E-state index in [0.717, 1.165) is 31.1 Å². The minimum atomic E-state index is -0.873. The van der Waals surface area contributed by atoms with Gasteiger partial charge in [-0.3, -0.25) is 14.5 Å². The molecule has 0 radical (unpaired) electrons. The number of aliphatic carboxylic acids is 1. The van der Waals surface area contributed by atoms with Crippen LogP contribution in [0.4, 0.5) is 0 Å². The summed E-state index contributed by atoms with van der Waals surface area (Å²) in [4.78, 5) is 25.6. The van der Waals surface area contributed by atoms with Gasteiger partial charge in [-0.15, -0.1) is 0 Å². The van der Waals surface area contributed by atoms with Gasteiger partial charge in [0.2, 0.25) is 5.91 Å². The SMILES string of the molecule is O=C(O)[C@H]1CC=CC[C@H]1C(=O)NCCN1CCSCC1. The maximum absolute atomic E-state index is 12.1. The number of nitrogens with zero attached hydrogens (tertiary/aromatic N) is 1. The summed E-state index contributed by atoms with van der Waals surface area (Å²) < 4.78 is 0. The summed E-state index contributed by atoms with van der Waals surface area (Å²) >= 11 is 1.96. The van der Waals surface area contributed by atoms with Crippen LogP contribution >= 0.6 is 11.8 Å². The molecule has 5 nitrogen and oxygen atoms in total. The molecule has 1 aliphatic carbocycles. The van der Waals surface area contributed by atoms with Crippen molar-refractivity contribution in [2.24, 2.45) is 11.8 Å². The third-order valence-electron chi connectivity index (χ3n) is 3.92. The molecule has 2 atom stereocenters. The van der Waals surface area contributed by atoms with Gasteiger partial charge >= 0.3 is 5.97 Å². The molecule has 1 saturated heterocycles. The number of hydrogen-bond acceptors (Lipinski definition) is 4. The number of carboxylic acids is 1. The summed E-state index contributed by atoms with van der Waals surface area (Å²) in [6, 6.07) is 0. The van der Waals surface area contributed by atoms with E-state index in [-0.39, 0.29) is 5.91 Å². The van der Waals surface area contributed by atoms with Crippen LogP contribution in [0.1, 0.15) is 12.8 Å². The summed E-state index contributed by atoms with van der Waals surface area (Å²) in [6.07, 6.45) is 4.75. The van der Waals surface area contributed by atoms with Crippen LogP contribution in [0.3, 0.4) is 0 Å². The van der Waals surface area contributed by atoms with E-state index in [1.807, 2.05) is 23.9 Å². The lowest BCUT2D eigenvalue weighted by atomic mass is 9.82. The van der Waals surface area contributed by atoms with Gasteiger partial charge in [0.25, 0.3) is 0 Å². The molecule has 0 bridgehead atoms. The average Bonchev–Trinajstić information content (AvgIpc) is 2.48. The maximum atomic E-state index is 12.1. The summed E-state index contributed by atoms with van der Waals surface area (Å²) in [5, 5.41) is 12.1. The molecule has 0 unspecified atom stereocenters. The molecule has 6 heteroatoms. The first kappa shape index (κ1) is 15.4. The van der Waals surface area contributed by atoms with Crippen LogP contribution in [0.15, 0.2) is 12.2 Å². The number of allylic oxidation sites excluding steroid dienone is 2. The first-order valence-electron chi connectivity index (χ1n) is 7.14. The van der Waals surface area contributed by atoms with Gasteiger partial charge in [0.05, 0.1) is 11.8 Å². The number of thioether (sulfide) groups is 1. The molecule has 20 heavy (non-hydrogen) atoms. The van der Waals surface area contributed by atoms with E-state index in [1.54, 1.807) is 0 Å². The van der Waals surface area contributed by atoms with Crippen molar-refractivity contribution in [2.75, 3.05) is 37.7 Å². The van der Waals surface area contributed by atoms with Crippen LogP contribution in [-0.2, 0) is 9.59 Å². The second-order valence-electron chi connectivity index (χ2n) is 5.24. The Morgan fingerprint density at radius 1 is 1.20 bits per heavy atom. The Kier molecular flexibility index (Phi) is 5.91. The van der Waals surface area contributed by atoms with Gasteiger partial charge in [-0.25, -0.2) is 0 Å². The zero-order valence-electron chi connectivity index (χ0n) is 11.6. The third-order valence-corrected chi connectivity index (χ3v) is 4.86. The first-order chi connectivity index (χ1) is 9.68. The molecule has 1 aliphatic heterocycles. The largest absolute Gasteiger partial charge is 0.481 e. The van der Waals surface area contributed by atoms with Crippen molar-refractivity contribution in [1.82, 2.24) is 10.2 Å². The van der Waals surface area contributed by atoms with Gasteiger partial charge in [-0.05, 0) is 12.8 Å². The molecule has 2 aliphatic rings. The minimum absolute atomic E-state index is 0.117. The number of rotatable bonds is 5. The fourth-order valence-electron chi connectivity index (χ4n) is 2.67. The van der Waals surface area contributed by atoms with Crippen LogP contribution in [0.25, 0.3) is 0 Å². The number of carbonyl (C=O) groups is 2. The Morgan fingerprint density at radius 2 is 1.85 bits per heavy atom. The summed E-state index contributed by atoms with van der Waals surface area (Å²) in [5.74, 6) is 0.321. The van der Waals surface area contributed by atoms with Gasteiger partial charge in [-0.1, -0.05) is 12.2 Å². The summed E-state index contributed by atoms with van der Waals surface area (Å²) in [6.45, 7) is 3.61. The fraction of sp³-hybridized carbons (Fsp3) is 0.714. The highest BCUT2D eigenvalue weighted by atomic mass is 32.2. The van der Waals surface area contributed by atoms with Gasteiger partial charge in [0, 0.05) is 37.7 Å². The fourth-order valence-corrected chi connectivity index (χ4v) is 3.65. The van der Waals surface area contributed by atoms with Crippen LogP contribution in [-0.4, -0.2) is 59.6 Å². The topological polar surface area (TPSA) is 69.6 Å². The Bertz CT molecular complexity index is 381. The number of nitrogens with one attached hydrogen (secondary N) is 1. The number of carbonyl (C=O) groups excluding carboxylic acids is 1. The van der Waals surface area contributed by atoms with Crippen molar-refractivity contribution >= 4 is 23.6 Å². The predicted octanol–water partition coefficient (Wildman–Crippen LogP) is 0.818. The highest BCUT2D eigenvalue weighted by molar-refractivity contribution is 7.99. The van der Waals surface area contributed by atoms with Gasteiger partial charge < -0.3 is 10.4 Å². The summed E-state index contributed by atoms with van der Waals surface area (Å²) in [7, 11) is 0. The van der Waals surface area contributed by atoms with Crippen molar-refractivity contribution in [3.05, 3.63) is 12.2 Å². The zero-order chi connectivity index (χ0) is 14.4. The van der Waals surface area contributed by atoms with Crippen molar-refractivity contribution in [3.63, 3.8) is 0 Å². The lowest BCUT2D eigenvalue weighted by Crippen LogP contribution is -2.43. The van der Waals surface area contributed by atoms with Crippen LogP contribution in [0.5, 0.6) is 0 Å². The average molecular weight is 298 g/mol. The van der Waals surface area contributed by atoms with E-state index in [4.69, 9.17) is 5.11 Å². The molecule has 2 rings (SSSR count). The van der Waals surface area contributed by atoms with Gasteiger partial charge in [0.1, 0.15) is 0 Å². The molecule has 1 heterocycles. The second-order valence-corrected chi connectivity index (χ2v) is 6.46. The molecule has 0 spiro atoms. The maximum Gasteiger partial charge on any atom is 0.307 e. The number of carboxylic acid groups (broad SMARTS) is 1. The quantitative estimate of drug-likeness (QED) is 0.735. The van der Waals surface area contributed by atoms with Crippen molar-refractivity contribution < 1.29 is 14.7 Å². The highest BCUT2D eigenvalue weighted by Gasteiger charge is 2.33. The van der Waals surface area contributed by atoms with E-state index >= 15 is 0 Å². The Hall–Kier alpha value is -1.01. The standard InChI is InChI=1S/C14H22N2O3S/c17-13(11-3-1-2-4-12(11)14(18)19)15-5-6-16-7-9-20-10-8-16/h1-2,11-12H,3-10H2,(H,15,17)(H,18,19)/t11-,12+/m1/s1. The molecule has 112 valence electrons. The molecule has 0 aromatic rings. The Morgan fingerprint density at radius 3 is 2.50 bits per heavy atom. The van der Waals surface area contributed by atoms with Crippen LogP contribution in [0.2, 0.25) is 0 Å². The normalized spacial score (nSPS) is 27.2. The molecule has 0 aromatic carbocycles.